The molecular weight excluding hydrogens is 282 g/mol. The zero-order valence-corrected chi connectivity index (χ0v) is 11.8. The molecule has 1 unspecified atom stereocenters. The van der Waals surface area contributed by atoms with Gasteiger partial charge in [0.1, 0.15) is 0 Å². The molecular formula is C13H18BrNO2. The van der Waals surface area contributed by atoms with Crippen molar-refractivity contribution in [2.45, 2.75) is 25.8 Å². The average molecular weight is 300 g/mol. The van der Waals surface area contributed by atoms with Crippen LogP contribution in [0.1, 0.15) is 31.4 Å². The fraction of sp³-hybridized carbons (Fsp3) is 0.538. The highest BCUT2D eigenvalue weighted by Gasteiger charge is 2.23. The molecule has 0 heterocycles. The van der Waals surface area contributed by atoms with E-state index in [9.17, 15) is 0 Å². The number of benzene rings is 1. The quantitative estimate of drug-likeness (QED) is 0.907. The molecule has 0 amide bonds. The monoisotopic (exact) mass is 299 g/mol. The van der Waals surface area contributed by atoms with Gasteiger partial charge in [0.25, 0.3) is 0 Å². The number of hydrogen-bond acceptors (Lipinski definition) is 3. The molecule has 1 aromatic carbocycles. The van der Waals surface area contributed by atoms with Crippen LogP contribution in [0, 0.1) is 5.92 Å². The SMILES string of the molecule is COc1cc(C(C)N)c(Br)cc1OCC1CC1. The lowest BCUT2D eigenvalue weighted by Gasteiger charge is -2.15. The molecule has 17 heavy (non-hydrogen) atoms. The van der Waals surface area contributed by atoms with Crippen molar-refractivity contribution in [3.8, 4) is 11.5 Å². The predicted octanol–water partition coefficient (Wildman–Crippen LogP) is 3.27. The maximum absolute atomic E-state index is 5.89. The number of nitrogens with two attached hydrogens (primary N) is 1. The molecule has 0 bridgehead atoms. The molecule has 1 saturated carbocycles. The van der Waals surface area contributed by atoms with Gasteiger partial charge in [0, 0.05) is 10.5 Å². The van der Waals surface area contributed by atoms with Gasteiger partial charge in [-0.15, -0.1) is 0 Å². The molecule has 94 valence electrons. The highest BCUT2D eigenvalue weighted by atomic mass is 79.9. The van der Waals surface area contributed by atoms with Gasteiger partial charge in [-0.3, -0.25) is 0 Å². The fourth-order valence-electron chi connectivity index (χ4n) is 1.66. The van der Waals surface area contributed by atoms with E-state index in [1.54, 1.807) is 7.11 Å². The third kappa shape index (κ3) is 3.13. The third-order valence-corrected chi connectivity index (χ3v) is 3.63. The van der Waals surface area contributed by atoms with Crippen LogP contribution in [-0.2, 0) is 0 Å². The summed E-state index contributed by atoms with van der Waals surface area (Å²) in [5.74, 6) is 2.27. The van der Waals surface area contributed by atoms with Crippen LogP contribution in [0.15, 0.2) is 16.6 Å². The first kappa shape index (κ1) is 12.7. The number of rotatable bonds is 5. The van der Waals surface area contributed by atoms with E-state index in [-0.39, 0.29) is 6.04 Å². The molecule has 2 rings (SSSR count). The van der Waals surface area contributed by atoms with E-state index >= 15 is 0 Å². The van der Waals surface area contributed by atoms with E-state index in [4.69, 9.17) is 15.2 Å². The zero-order valence-electron chi connectivity index (χ0n) is 10.2. The minimum Gasteiger partial charge on any atom is -0.493 e. The Balaban J connectivity index is 2.20. The van der Waals surface area contributed by atoms with Crippen LogP contribution in [0.5, 0.6) is 11.5 Å². The van der Waals surface area contributed by atoms with Crippen molar-refractivity contribution < 1.29 is 9.47 Å². The molecule has 1 aromatic rings. The van der Waals surface area contributed by atoms with Gasteiger partial charge >= 0.3 is 0 Å². The summed E-state index contributed by atoms with van der Waals surface area (Å²) in [5, 5.41) is 0. The van der Waals surface area contributed by atoms with Gasteiger partial charge in [0.2, 0.25) is 0 Å². The van der Waals surface area contributed by atoms with Crippen molar-refractivity contribution in [1.82, 2.24) is 0 Å². The second kappa shape index (κ2) is 5.27. The molecule has 0 radical (unpaired) electrons. The van der Waals surface area contributed by atoms with E-state index in [0.29, 0.717) is 0 Å². The summed E-state index contributed by atoms with van der Waals surface area (Å²) >= 11 is 3.52. The van der Waals surface area contributed by atoms with E-state index < -0.39 is 0 Å². The molecule has 3 nitrogen and oxygen atoms in total. The second-order valence-corrected chi connectivity index (χ2v) is 5.42. The highest BCUT2D eigenvalue weighted by molar-refractivity contribution is 9.10. The van der Waals surface area contributed by atoms with Gasteiger partial charge in [-0.25, -0.2) is 0 Å². The summed E-state index contributed by atoms with van der Waals surface area (Å²) in [7, 11) is 1.65. The van der Waals surface area contributed by atoms with Crippen molar-refractivity contribution in [3.63, 3.8) is 0 Å². The molecule has 0 saturated heterocycles. The maximum atomic E-state index is 5.89. The van der Waals surface area contributed by atoms with Crippen LogP contribution in [0.25, 0.3) is 0 Å². The standard InChI is InChI=1S/C13H18BrNO2/c1-8(15)10-5-12(16-2)13(6-11(10)14)17-7-9-3-4-9/h5-6,8-9H,3-4,7,15H2,1-2H3. The fourth-order valence-corrected chi connectivity index (χ4v) is 2.35. The van der Waals surface area contributed by atoms with Crippen LogP contribution in [-0.4, -0.2) is 13.7 Å². The predicted molar refractivity (Wildman–Crippen MR) is 71.5 cm³/mol. The van der Waals surface area contributed by atoms with Crippen molar-refractivity contribution in [2.24, 2.45) is 11.7 Å². The molecule has 0 aromatic heterocycles. The molecule has 4 heteroatoms. The Morgan fingerprint density at radius 1 is 1.41 bits per heavy atom. The van der Waals surface area contributed by atoms with E-state index in [0.717, 1.165) is 34.1 Å². The van der Waals surface area contributed by atoms with Gasteiger partial charge in [-0.2, -0.15) is 0 Å². The van der Waals surface area contributed by atoms with Crippen LogP contribution in [0.2, 0.25) is 0 Å². The minimum atomic E-state index is -0.0317. The molecule has 2 N–H and O–H groups in total. The average Bonchev–Trinajstić information content (AvgIpc) is 3.09. The van der Waals surface area contributed by atoms with Gasteiger partial charge in [-0.05, 0) is 43.4 Å². The largest absolute Gasteiger partial charge is 0.493 e. The molecule has 0 aliphatic heterocycles. The second-order valence-electron chi connectivity index (χ2n) is 4.57. The lowest BCUT2D eigenvalue weighted by Crippen LogP contribution is -2.07. The number of halogens is 1. The molecule has 1 atom stereocenters. The van der Waals surface area contributed by atoms with Crippen molar-refractivity contribution >= 4 is 15.9 Å². The minimum absolute atomic E-state index is 0.0317. The number of hydrogen-bond donors (Lipinski definition) is 1. The first-order valence-electron chi connectivity index (χ1n) is 5.87. The Morgan fingerprint density at radius 3 is 2.65 bits per heavy atom. The van der Waals surface area contributed by atoms with Gasteiger partial charge in [-0.1, -0.05) is 15.9 Å². The summed E-state index contributed by atoms with van der Waals surface area (Å²) in [4.78, 5) is 0. The van der Waals surface area contributed by atoms with Gasteiger partial charge < -0.3 is 15.2 Å². The molecule has 1 aliphatic rings. The van der Waals surface area contributed by atoms with Gasteiger partial charge in [0.05, 0.1) is 13.7 Å². The Hall–Kier alpha value is -0.740. The van der Waals surface area contributed by atoms with E-state index in [2.05, 4.69) is 15.9 Å². The lowest BCUT2D eigenvalue weighted by atomic mass is 10.1. The van der Waals surface area contributed by atoms with Crippen molar-refractivity contribution in [1.29, 1.82) is 0 Å². The third-order valence-electron chi connectivity index (χ3n) is 2.94. The van der Waals surface area contributed by atoms with Crippen LogP contribution in [0.3, 0.4) is 0 Å². The normalized spacial score (nSPS) is 16.7. The first-order valence-corrected chi connectivity index (χ1v) is 6.67. The summed E-state index contributed by atoms with van der Waals surface area (Å²) in [6.07, 6.45) is 2.56. The summed E-state index contributed by atoms with van der Waals surface area (Å²) in [5.41, 5.74) is 6.92. The summed E-state index contributed by atoms with van der Waals surface area (Å²) in [6.45, 7) is 2.73. The van der Waals surface area contributed by atoms with Crippen LogP contribution < -0.4 is 15.2 Å². The Morgan fingerprint density at radius 2 is 2.12 bits per heavy atom. The molecule has 1 fully saturated rings. The number of methoxy groups -OCH3 is 1. The van der Waals surface area contributed by atoms with Crippen LogP contribution >= 0.6 is 15.9 Å². The van der Waals surface area contributed by atoms with E-state index in [1.807, 2.05) is 19.1 Å². The maximum Gasteiger partial charge on any atom is 0.162 e. The zero-order chi connectivity index (χ0) is 12.4. The van der Waals surface area contributed by atoms with Crippen molar-refractivity contribution in [2.75, 3.05) is 13.7 Å². The molecule has 1 aliphatic carbocycles. The number of ether oxygens (including phenoxy) is 2. The lowest BCUT2D eigenvalue weighted by molar-refractivity contribution is 0.280. The Bertz CT molecular complexity index is 403. The van der Waals surface area contributed by atoms with E-state index in [1.165, 1.54) is 12.8 Å². The first-order chi connectivity index (χ1) is 8.11. The van der Waals surface area contributed by atoms with Crippen LogP contribution in [0.4, 0.5) is 0 Å². The van der Waals surface area contributed by atoms with Crippen molar-refractivity contribution in [3.05, 3.63) is 22.2 Å². The van der Waals surface area contributed by atoms with Gasteiger partial charge in [0.15, 0.2) is 11.5 Å². The Labute approximate surface area is 110 Å². The summed E-state index contributed by atoms with van der Waals surface area (Å²) < 4.78 is 12.1. The molecule has 0 spiro atoms. The highest BCUT2D eigenvalue weighted by Crippen LogP contribution is 2.37. The smallest absolute Gasteiger partial charge is 0.162 e. The topological polar surface area (TPSA) is 44.5 Å². The summed E-state index contributed by atoms with van der Waals surface area (Å²) in [6, 6.07) is 3.85. The Kier molecular flexibility index (Phi) is 3.94.